The Balaban J connectivity index is 1.88. The highest BCUT2D eigenvalue weighted by Gasteiger charge is 2.23. The maximum Gasteiger partial charge on any atom is 0.139 e. The first kappa shape index (κ1) is 17.9. The molecule has 0 spiro atoms. The van der Waals surface area contributed by atoms with Crippen LogP contribution in [0, 0.1) is 0 Å². The van der Waals surface area contributed by atoms with E-state index < -0.39 is 0 Å². The summed E-state index contributed by atoms with van der Waals surface area (Å²) in [6, 6.07) is 27.2. The lowest BCUT2D eigenvalue weighted by Gasteiger charge is -2.28. The minimum Gasteiger partial charge on any atom is -0.355 e. The summed E-state index contributed by atoms with van der Waals surface area (Å²) in [4.78, 5) is 0. The van der Waals surface area contributed by atoms with Crippen molar-refractivity contribution in [3.63, 3.8) is 0 Å². The Bertz CT molecular complexity index is 1110. The smallest absolute Gasteiger partial charge is 0.139 e. The zero-order valence-corrected chi connectivity index (χ0v) is 16.1. The third-order valence-corrected chi connectivity index (χ3v) is 4.94. The fourth-order valence-corrected chi connectivity index (χ4v) is 3.59. The first-order valence-electron chi connectivity index (χ1n) is 9.43. The highest BCUT2D eigenvalue weighted by Crippen LogP contribution is 2.41. The molecule has 1 nitrogen and oxygen atoms in total. The lowest BCUT2D eigenvalue weighted by Crippen LogP contribution is -2.16. The van der Waals surface area contributed by atoms with Gasteiger partial charge in [-0.25, -0.2) is 0 Å². The molecule has 0 unspecified atom stereocenters. The van der Waals surface area contributed by atoms with Gasteiger partial charge in [0, 0.05) is 28.1 Å². The first-order chi connectivity index (χ1) is 13.6. The summed E-state index contributed by atoms with van der Waals surface area (Å²) in [5.41, 5.74) is 9.84. The molecule has 3 aromatic carbocycles. The van der Waals surface area contributed by atoms with Gasteiger partial charge in [-0.1, -0.05) is 104 Å². The molecule has 1 aliphatic heterocycles. The van der Waals surface area contributed by atoms with E-state index in [0.717, 1.165) is 28.1 Å². The van der Waals surface area contributed by atoms with E-state index in [1.807, 2.05) is 24.3 Å². The number of allylic oxidation sites excluding steroid dienone is 2. The Morgan fingerprint density at radius 2 is 1.57 bits per heavy atom. The van der Waals surface area contributed by atoms with Crippen LogP contribution in [0.2, 0.25) is 0 Å². The Morgan fingerprint density at radius 1 is 0.893 bits per heavy atom. The van der Waals surface area contributed by atoms with E-state index in [9.17, 15) is 0 Å². The van der Waals surface area contributed by atoms with Crippen molar-refractivity contribution in [3.05, 3.63) is 132 Å². The van der Waals surface area contributed by atoms with Crippen LogP contribution < -0.4 is 10.8 Å². The predicted molar refractivity (Wildman–Crippen MR) is 124 cm³/mol. The molecule has 134 valence electrons. The van der Waals surface area contributed by atoms with E-state index in [2.05, 4.69) is 93.1 Å². The molecular formula is C26H22BN. The number of anilines is 1. The van der Waals surface area contributed by atoms with Crippen LogP contribution in [-0.4, -0.2) is 7.85 Å². The van der Waals surface area contributed by atoms with E-state index in [1.54, 1.807) is 0 Å². The van der Waals surface area contributed by atoms with Gasteiger partial charge in [0.25, 0.3) is 0 Å². The highest BCUT2D eigenvalue weighted by atomic mass is 14.9. The Labute approximate surface area is 167 Å². The van der Waals surface area contributed by atoms with Crippen molar-refractivity contribution in [1.29, 1.82) is 0 Å². The fraction of sp³-hybridized carbons (Fsp3) is 0. The van der Waals surface area contributed by atoms with Gasteiger partial charge in [-0.3, -0.25) is 0 Å². The Hall–Kier alpha value is -3.52. The quantitative estimate of drug-likeness (QED) is 0.513. The standard InChI is InChI=1S/C26H22BN/c1-18(13-14-20-9-5-3-6-10-20)25-19(2)28-24-16-15-22(27)17-23(24)26(25)21-11-7-4-8-12-21/h3-17,28H,1-2,27H2/b14-13+. The van der Waals surface area contributed by atoms with Gasteiger partial charge in [-0.15, -0.1) is 0 Å². The number of fused-ring (bicyclic) bond motifs is 1. The largest absolute Gasteiger partial charge is 0.355 e. The van der Waals surface area contributed by atoms with Gasteiger partial charge in [-0.05, 0) is 22.8 Å². The molecule has 0 atom stereocenters. The van der Waals surface area contributed by atoms with Crippen molar-refractivity contribution < 1.29 is 0 Å². The maximum absolute atomic E-state index is 4.37. The number of rotatable bonds is 4. The molecule has 0 aliphatic carbocycles. The highest BCUT2D eigenvalue weighted by molar-refractivity contribution is 6.32. The van der Waals surface area contributed by atoms with Crippen molar-refractivity contribution in [3.8, 4) is 0 Å². The summed E-state index contributed by atoms with van der Waals surface area (Å²) < 4.78 is 0. The van der Waals surface area contributed by atoms with Crippen LogP contribution in [0.1, 0.15) is 16.7 Å². The van der Waals surface area contributed by atoms with Crippen LogP contribution in [-0.2, 0) is 0 Å². The summed E-state index contributed by atoms with van der Waals surface area (Å²) in [5, 5.41) is 3.47. The predicted octanol–water partition coefficient (Wildman–Crippen LogP) is 4.96. The second kappa shape index (κ2) is 7.62. The summed E-state index contributed by atoms with van der Waals surface area (Å²) in [6.07, 6.45) is 4.16. The molecule has 3 aromatic rings. The van der Waals surface area contributed by atoms with Crippen LogP contribution in [0.25, 0.3) is 11.6 Å². The normalized spacial score (nSPS) is 13.4. The van der Waals surface area contributed by atoms with Crippen molar-refractivity contribution in [2.75, 3.05) is 5.32 Å². The lowest BCUT2D eigenvalue weighted by molar-refractivity contribution is 1.33. The fourth-order valence-electron chi connectivity index (χ4n) is 3.59. The molecule has 0 radical (unpaired) electrons. The number of nitrogens with one attached hydrogen (secondary N) is 1. The summed E-state index contributed by atoms with van der Waals surface area (Å²) >= 11 is 0. The SMILES string of the molecule is Bc1ccc2c(c1)C(c1ccccc1)=C(C(=C)/C=C/c1ccccc1)C(=C)N2. The molecule has 2 heteroatoms. The Kier molecular flexibility index (Phi) is 4.86. The number of hydrogen-bond acceptors (Lipinski definition) is 1. The third-order valence-electron chi connectivity index (χ3n) is 4.94. The third kappa shape index (κ3) is 3.50. The van der Waals surface area contributed by atoms with Crippen LogP contribution >= 0.6 is 0 Å². The second-order valence-electron chi connectivity index (χ2n) is 7.04. The van der Waals surface area contributed by atoms with Crippen LogP contribution in [0.5, 0.6) is 0 Å². The summed E-state index contributed by atoms with van der Waals surface area (Å²) in [6.45, 7) is 8.67. The van der Waals surface area contributed by atoms with Gasteiger partial charge >= 0.3 is 0 Å². The molecule has 4 rings (SSSR count). The molecule has 0 saturated carbocycles. The van der Waals surface area contributed by atoms with E-state index in [-0.39, 0.29) is 0 Å². The zero-order valence-electron chi connectivity index (χ0n) is 16.1. The van der Waals surface area contributed by atoms with Crippen molar-refractivity contribution in [2.24, 2.45) is 0 Å². The molecule has 1 heterocycles. The molecule has 1 aliphatic rings. The molecule has 0 bridgehead atoms. The topological polar surface area (TPSA) is 12.0 Å². The molecular weight excluding hydrogens is 337 g/mol. The van der Waals surface area contributed by atoms with E-state index in [1.165, 1.54) is 22.2 Å². The zero-order chi connectivity index (χ0) is 19.5. The van der Waals surface area contributed by atoms with Crippen molar-refractivity contribution >= 4 is 30.6 Å². The second-order valence-corrected chi connectivity index (χ2v) is 7.04. The number of benzene rings is 3. The average Bonchev–Trinajstić information content (AvgIpc) is 2.73. The maximum atomic E-state index is 4.37. The molecule has 0 amide bonds. The van der Waals surface area contributed by atoms with Gasteiger partial charge < -0.3 is 5.32 Å². The monoisotopic (exact) mass is 359 g/mol. The van der Waals surface area contributed by atoms with Crippen LogP contribution in [0.4, 0.5) is 5.69 Å². The molecule has 0 fully saturated rings. The van der Waals surface area contributed by atoms with Gasteiger partial charge in [0.05, 0.1) is 0 Å². The lowest BCUT2D eigenvalue weighted by atomic mass is 9.82. The molecule has 1 N–H and O–H groups in total. The van der Waals surface area contributed by atoms with E-state index in [4.69, 9.17) is 0 Å². The van der Waals surface area contributed by atoms with E-state index in [0.29, 0.717) is 0 Å². The number of hydrogen-bond donors (Lipinski definition) is 1. The van der Waals surface area contributed by atoms with Crippen LogP contribution in [0.3, 0.4) is 0 Å². The average molecular weight is 359 g/mol. The van der Waals surface area contributed by atoms with Crippen LogP contribution in [0.15, 0.2) is 115 Å². The molecule has 0 aromatic heterocycles. The molecule has 28 heavy (non-hydrogen) atoms. The molecule has 0 saturated heterocycles. The Morgan fingerprint density at radius 3 is 2.29 bits per heavy atom. The first-order valence-corrected chi connectivity index (χ1v) is 9.43. The van der Waals surface area contributed by atoms with Gasteiger partial charge in [0.2, 0.25) is 0 Å². The van der Waals surface area contributed by atoms with E-state index >= 15 is 0 Å². The van der Waals surface area contributed by atoms with Gasteiger partial charge in [-0.2, -0.15) is 0 Å². The van der Waals surface area contributed by atoms with Crippen molar-refractivity contribution in [2.45, 2.75) is 0 Å². The summed E-state index contributed by atoms with van der Waals surface area (Å²) in [7, 11) is 2.12. The minimum atomic E-state index is 0.873. The van der Waals surface area contributed by atoms with Gasteiger partial charge in [0.1, 0.15) is 7.85 Å². The minimum absolute atomic E-state index is 0.873. The van der Waals surface area contributed by atoms with Crippen molar-refractivity contribution in [1.82, 2.24) is 0 Å². The summed E-state index contributed by atoms with van der Waals surface area (Å²) in [5.74, 6) is 0. The van der Waals surface area contributed by atoms with Gasteiger partial charge in [0.15, 0.2) is 0 Å².